The van der Waals surface area contributed by atoms with Crippen LogP contribution < -0.4 is 10.6 Å². The summed E-state index contributed by atoms with van der Waals surface area (Å²) >= 11 is 0. The van der Waals surface area contributed by atoms with Crippen LogP contribution in [0.3, 0.4) is 0 Å². The molecule has 0 saturated heterocycles. The van der Waals surface area contributed by atoms with E-state index in [0.717, 1.165) is 11.1 Å². The lowest BCUT2D eigenvalue weighted by Crippen LogP contribution is -2.17. The van der Waals surface area contributed by atoms with Gasteiger partial charge in [0.25, 0.3) is 11.8 Å². The Morgan fingerprint density at radius 1 is 1.17 bits per heavy atom. The van der Waals surface area contributed by atoms with Gasteiger partial charge >= 0.3 is 0 Å². The maximum Gasteiger partial charge on any atom is 0.263 e. The maximum atomic E-state index is 11.9. The lowest BCUT2D eigenvalue weighted by atomic mass is 10.2. The summed E-state index contributed by atoms with van der Waals surface area (Å²) in [4.78, 5) is 20.2. The van der Waals surface area contributed by atoms with Crippen LogP contribution in [0.4, 0.5) is 11.8 Å². The van der Waals surface area contributed by atoms with Crippen molar-refractivity contribution < 1.29 is 9.32 Å². The van der Waals surface area contributed by atoms with Crippen molar-refractivity contribution in [2.45, 2.75) is 13.3 Å². The number of aryl methyl sites for hydroxylation is 1. The predicted molar refractivity (Wildman–Crippen MR) is 90.4 cm³/mol. The van der Waals surface area contributed by atoms with Crippen LogP contribution in [0.25, 0.3) is 11.5 Å². The summed E-state index contributed by atoms with van der Waals surface area (Å²) in [5, 5.41) is 9.54. The molecule has 3 rings (SSSR count). The molecule has 3 aromatic rings. The molecule has 0 atom stereocenters. The first-order valence-electron chi connectivity index (χ1n) is 7.56. The summed E-state index contributed by atoms with van der Waals surface area (Å²) in [7, 11) is 0. The van der Waals surface area contributed by atoms with E-state index >= 15 is 0 Å². The molecule has 2 N–H and O–H groups in total. The Bertz CT molecular complexity index is 799. The van der Waals surface area contributed by atoms with Crippen LogP contribution >= 0.6 is 0 Å². The Morgan fingerprint density at radius 2 is 2.00 bits per heavy atom. The van der Waals surface area contributed by atoms with Crippen molar-refractivity contribution in [1.82, 2.24) is 15.1 Å². The first-order valence-corrected chi connectivity index (χ1v) is 7.56. The van der Waals surface area contributed by atoms with E-state index in [1.165, 1.54) is 0 Å². The minimum atomic E-state index is -0.134. The highest BCUT2D eigenvalue weighted by molar-refractivity contribution is 5.89. The zero-order valence-electron chi connectivity index (χ0n) is 13.2. The summed E-state index contributed by atoms with van der Waals surface area (Å²) in [6, 6.07) is 13.2. The van der Waals surface area contributed by atoms with E-state index in [2.05, 4.69) is 25.8 Å². The van der Waals surface area contributed by atoms with Gasteiger partial charge in [-0.3, -0.25) is 4.79 Å². The molecule has 1 aromatic carbocycles. The molecule has 0 radical (unpaired) electrons. The van der Waals surface area contributed by atoms with Crippen molar-refractivity contribution in [3.63, 3.8) is 0 Å². The monoisotopic (exact) mass is 323 g/mol. The van der Waals surface area contributed by atoms with Crippen LogP contribution in [0.5, 0.6) is 0 Å². The topological polar surface area (TPSA) is 92.9 Å². The molecule has 0 bridgehead atoms. The molecule has 0 aliphatic rings. The largest absolute Gasteiger partial charge is 0.351 e. The molecular weight excluding hydrogens is 306 g/mol. The van der Waals surface area contributed by atoms with Gasteiger partial charge in [0.05, 0.1) is 0 Å². The van der Waals surface area contributed by atoms with Gasteiger partial charge in [-0.15, -0.1) is 0 Å². The van der Waals surface area contributed by atoms with Crippen LogP contribution in [-0.4, -0.2) is 27.6 Å². The third kappa shape index (κ3) is 4.16. The lowest BCUT2D eigenvalue weighted by molar-refractivity contribution is -0.116. The molecule has 122 valence electrons. The van der Waals surface area contributed by atoms with Crippen LogP contribution in [0, 0.1) is 6.92 Å². The molecule has 0 unspecified atom stereocenters. The molecule has 2 heterocycles. The number of nitrogens with zero attached hydrogens (tertiary/aromatic N) is 3. The van der Waals surface area contributed by atoms with E-state index < -0.39 is 0 Å². The van der Waals surface area contributed by atoms with Crippen molar-refractivity contribution in [2.75, 3.05) is 17.2 Å². The number of aromatic nitrogens is 3. The molecule has 24 heavy (non-hydrogen) atoms. The van der Waals surface area contributed by atoms with E-state index in [1.807, 2.05) is 43.3 Å². The number of hydrogen-bond acceptors (Lipinski definition) is 6. The van der Waals surface area contributed by atoms with Crippen molar-refractivity contribution >= 4 is 17.7 Å². The van der Waals surface area contributed by atoms with Crippen molar-refractivity contribution in [3.05, 3.63) is 54.2 Å². The number of nitrogens with one attached hydrogen (secondary N) is 2. The van der Waals surface area contributed by atoms with Gasteiger partial charge in [0.1, 0.15) is 5.82 Å². The summed E-state index contributed by atoms with van der Waals surface area (Å²) in [5.74, 6) is 1.20. The van der Waals surface area contributed by atoms with E-state index in [9.17, 15) is 4.79 Å². The molecule has 7 nitrogen and oxygen atoms in total. The summed E-state index contributed by atoms with van der Waals surface area (Å²) in [6.07, 6.45) is 1.98. The second-order valence-corrected chi connectivity index (χ2v) is 5.23. The number of hydrogen-bond donors (Lipinski definition) is 2. The fraction of sp³-hybridized carbons (Fsp3) is 0.176. The van der Waals surface area contributed by atoms with Crippen LogP contribution in [-0.2, 0) is 4.79 Å². The summed E-state index contributed by atoms with van der Waals surface area (Å²) in [6.45, 7) is 2.34. The third-order valence-electron chi connectivity index (χ3n) is 3.26. The molecule has 0 aliphatic heterocycles. The minimum absolute atomic E-state index is 0.134. The molecule has 2 aromatic heterocycles. The smallest absolute Gasteiger partial charge is 0.263 e. The van der Waals surface area contributed by atoms with Crippen molar-refractivity contribution in [1.29, 1.82) is 0 Å². The average molecular weight is 323 g/mol. The van der Waals surface area contributed by atoms with Crippen molar-refractivity contribution in [3.8, 4) is 11.5 Å². The van der Waals surface area contributed by atoms with Crippen molar-refractivity contribution in [2.24, 2.45) is 0 Å². The standard InChI is InChI=1S/C17H17N5O2/c1-12-7-8-14(19-11-12)20-15(23)9-10-18-17-21-16(24-22-17)13-5-3-2-4-6-13/h2-8,11H,9-10H2,1H3,(H,18,22)(H,19,20,23). The van der Waals surface area contributed by atoms with E-state index in [-0.39, 0.29) is 12.3 Å². The SMILES string of the molecule is Cc1ccc(NC(=O)CCNc2noc(-c3ccccc3)n2)nc1. The van der Waals surface area contributed by atoms with E-state index in [4.69, 9.17) is 4.52 Å². The number of carbonyl (C=O) groups excluding carboxylic acids is 1. The summed E-state index contributed by atoms with van der Waals surface area (Å²) < 4.78 is 5.18. The molecule has 7 heteroatoms. The van der Waals surface area contributed by atoms with Gasteiger partial charge in [0.15, 0.2) is 0 Å². The van der Waals surface area contributed by atoms with Gasteiger partial charge < -0.3 is 15.2 Å². The van der Waals surface area contributed by atoms with Crippen LogP contribution in [0.2, 0.25) is 0 Å². The highest BCUT2D eigenvalue weighted by atomic mass is 16.5. The number of rotatable bonds is 6. The first-order chi connectivity index (χ1) is 11.7. The molecular formula is C17H17N5O2. The Morgan fingerprint density at radius 3 is 2.75 bits per heavy atom. The number of pyridine rings is 1. The number of carbonyl (C=O) groups is 1. The highest BCUT2D eigenvalue weighted by Gasteiger charge is 2.08. The third-order valence-corrected chi connectivity index (χ3v) is 3.26. The zero-order valence-corrected chi connectivity index (χ0v) is 13.2. The maximum absolute atomic E-state index is 11.9. The zero-order chi connectivity index (χ0) is 16.8. The highest BCUT2D eigenvalue weighted by Crippen LogP contribution is 2.17. The Balaban J connectivity index is 1.47. The quantitative estimate of drug-likeness (QED) is 0.724. The van der Waals surface area contributed by atoms with E-state index in [0.29, 0.717) is 24.2 Å². The predicted octanol–water partition coefficient (Wildman–Crippen LogP) is 2.88. The summed E-state index contributed by atoms with van der Waals surface area (Å²) in [5.41, 5.74) is 1.89. The Hall–Kier alpha value is -3.22. The second-order valence-electron chi connectivity index (χ2n) is 5.23. The average Bonchev–Trinajstić information content (AvgIpc) is 3.07. The fourth-order valence-electron chi connectivity index (χ4n) is 2.03. The van der Waals surface area contributed by atoms with E-state index in [1.54, 1.807) is 12.3 Å². The van der Waals surface area contributed by atoms with Gasteiger partial charge in [0, 0.05) is 24.7 Å². The Kier molecular flexibility index (Phi) is 4.81. The number of anilines is 2. The Labute approximate surface area is 139 Å². The number of amides is 1. The van der Waals surface area contributed by atoms with Gasteiger partial charge in [-0.25, -0.2) is 4.98 Å². The number of benzene rings is 1. The molecule has 0 saturated carbocycles. The molecule has 1 amide bonds. The second kappa shape index (κ2) is 7.36. The molecule has 0 aliphatic carbocycles. The van der Waals surface area contributed by atoms with Crippen LogP contribution in [0.15, 0.2) is 53.2 Å². The molecule has 0 fully saturated rings. The molecule has 0 spiro atoms. The fourth-order valence-corrected chi connectivity index (χ4v) is 2.03. The first kappa shape index (κ1) is 15.7. The van der Waals surface area contributed by atoms with Gasteiger partial charge in [-0.1, -0.05) is 24.3 Å². The van der Waals surface area contributed by atoms with Gasteiger partial charge in [0.2, 0.25) is 5.91 Å². The van der Waals surface area contributed by atoms with Gasteiger partial charge in [-0.2, -0.15) is 4.98 Å². The van der Waals surface area contributed by atoms with Crippen LogP contribution in [0.1, 0.15) is 12.0 Å². The lowest BCUT2D eigenvalue weighted by Gasteiger charge is -2.04. The van der Waals surface area contributed by atoms with Gasteiger partial charge in [-0.05, 0) is 35.8 Å². The minimum Gasteiger partial charge on any atom is -0.351 e. The normalized spacial score (nSPS) is 10.4.